The lowest BCUT2D eigenvalue weighted by atomic mass is 10.2. The molecule has 0 aliphatic carbocycles. The number of pyridine rings is 1. The highest BCUT2D eigenvalue weighted by Gasteiger charge is 2.22. The number of aliphatic imine (C=N–C) groups is 1. The summed E-state index contributed by atoms with van der Waals surface area (Å²) in [6, 6.07) is 6.44. The minimum absolute atomic E-state index is 0.0123. The van der Waals surface area contributed by atoms with Gasteiger partial charge in [0.25, 0.3) is 0 Å². The number of hydrogen-bond acceptors (Lipinski definition) is 5. The summed E-state index contributed by atoms with van der Waals surface area (Å²) in [5.41, 5.74) is 0.891. The van der Waals surface area contributed by atoms with Crippen LogP contribution in [0.3, 0.4) is 0 Å². The second kappa shape index (κ2) is 10.8. The number of hydrogen-bond donors (Lipinski definition) is 2. The number of nitrogens with one attached hydrogen (secondary N) is 2. The van der Waals surface area contributed by atoms with Crippen molar-refractivity contribution >= 4 is 17.7 Å². The van der Waals surface area contributed by atoms with Gasteiger partial charge < -0.3 is 20.4 Å². The lowest BCUT2D eigenvalue weighted by molar-refractivity contribution is -0.127. The summed E-state index contributed by atoms with van der Waals surface area (Å²) in [6.07, 6.45) is 2.43. The molecule has 1 aromatic rings. The molecule has 0 radical (unpaired) electrons. The molecule has 0 bridgehead atoms. The molecule has 1 amide bonds. The van der Waals surface area contributed by atoms with Gasteiger partial charge in [-0.15, -0.1) is 0 Å². The fourth-order valence-electron chi connectivity index (χ4n) is 3.21. The lowest BCUT2D eigenvalue weighted by Crippen LogP contribution is -2.47. The number of carbonyl (C=O) groups is 1. The van der Waals surface area contributed by atoms with Crippen LogP contribution in [0.25, 0.3) is 0 Å². The standard InChI is InChI=1S/C20H35N7O/c1-6-27-12-8-10-17(27)14-22-20(23-15-19(28)26(4)5)21-13-16-9-7-11-18(24-16)25(2)3/h7,9,11,17H,6,8,10,12-15H2,1-5H3,(H2,21,22,23). The number of rotatable bonds is 8. The Morgan fingerprint density at radius 2 is 2.07 bits per heavy atom. The van der Waals surface area contributed by atoms with E-state index in [2.05, 4.69) is 32.4 Å². The van der Waals surface area contributed by atoms with Gasteiger partial charge in [-0.2, -0.15) is 0 Å². The zero-order valence-electron chi connectivity index (χ0n) is 17.9. The van der Waals surface area contributed by atoms with Crippen LogP contribution in [-0.4, -0.2) is 87.1 Å². The Morgan fingerprint density at radius 1 is 1.29 bits per heavy atom. The molecule has 1 unspecified atom stereocenters. The van der Waals surface area contributed by atoms with E-state index in [9.17, 15) is 4.79 Å². The number of likely N-dealkylation sites (N-methyl/N-ethyl adjacent to an activating group) is 2. The molecule has 2 rings (SSSR count). The summed E-state index contributed by atoms with van der Waals surface area (Å²) >= 11 is 0. The van der Waals surface area contributed by atoms with Crippen molar-refractivity contribution in [3.8, 4) is 0 Å². The summed E-state index contributed by atoms with van der Waals surface area (Å²) in [5, 5.41) is 6.57. The third-order valence-electron chi connectivity index (χ3n) is 4.97. The van der Waals surface area contributed by atoms with Crippen LogP contribution in [0.1, 0.15) is 25.5 Å². The number of nitrogens with zero attached hydrogens (tertiary/aromatic N) is 5. The largest absolute Gasteiger partial charge is 0.363 e. The second-order valence-electron chi connectivity index (χ2n) is 7.49. The van der Waals surface area contributed by atoms with Crippen LogP contribution in [-0.2, 0) is 11.3 Å². The average Bonchev–Trinajstić information content (AvgIpc) is 3.14. The third kappa shape index (κ3) is 6.67. The molecule has 1 atom stereocenters. The van der Waals surface area contributed by atoms with E-state index in [1.165, 1.54) is 12.8 Å². The fraction of sp³-hybridized carbons (Fsp3) is 0.650. The number of amides is 1. The Labute approximate surface area is 169 Å². The van der Waals surface area contributed by atoms with Gasteiger partial charge >= 0.3 is 0 Å². The molecule has 156 valence electrons. The van der Waals surface area contributed by atoms with Gasteiger partial charge in [0.05, 0.1) is 18.8 Å². The summed E-state index contributed by atoms with van der Waals surface area (Å²) in [4.78, 5) is 27.3. The minimum atomic E-state index is 0.0123. The smallest absolute Gasteiger partial charge is 0.241 e. The maximum atomic E-state index is 12.0. The molecule has 0 spiro atoms. The van der Waals surface area contributed by atoms with Gasteiger partial charge in [0.2, 0.25) is 5.91 Å². The van der Waals surface area contributed by atoms with Crippen LogP contribution < -0.4 is 15.5 Å². The summed E-state index contributed by atoms with van der Waals surface area (Å²) in [5.74, 6) is 1.57. The van der Waals surface area contributed by atoms with Crippen molar-refractivity contribution in [2.24, 2.45) is 4.99 Å². The zero-order chi connectivity index (χ0) is 20.5. The molecular formula is C20H35N7O. The number of anilines is 1. The van der Waals surface area contributed by atoms with Crippen LogP contribution in [0.2, 0.25) is 0 Å². The SMILES string of the molecule is CCN1CCCC1CNC(=NCc1cccc(N(C)C)n1)NCC(=O)N(C)C. The summed E-state index contributed by atoms with van der Waals surface area (Å²) < 4.78 is 0. The fourth-order valence-corrected chi connectivity index (χ4v) is 3.21. The Kier molecular flexibility index (Phi) is 8.50. The van der Waals surface area contributed by atoms with Gasteiger partial charge in [-0.3, -0.25) is 9.69 Å². The molecular weight excluding hydrogens is 354 g/mol. The highest BCUT2D eigenvalue weighted by atomic mass is 16.2. The van der Waals surface area contributed by atoms with E-state index >= 15 is 0 Å². The molecule has 0 aromatic carbocycles. The number of guanidine groups is 1. The van der Waals surface area contributed by atoms with E-state index in [1.54, 1.807) is 19.0 Å². The highest BCUT2D eigenvalue weighted by molar-refractivity contribution is 5.86. The Hall–Kier alpha value is -2.35. The Balaban J connectivity index is 2.02. The van der Waals surface area contributed by atoms with E-state index in [4.69, 9.17) is 0 Å². The average molecular weight is 390 g/mol. The first-order valence-electron chi connectivity index (χ1n) is 10.00. The zero-order valence-corrected chi connectivity index (χ0v) is 17.9. The van der Waals surface area contributed by atoms with Crippen LogP contribution in [0.4, 0.5) is 5.82 Å². The first kappa shape index (κ1) is 21.9. The molecule has 2 N–H and O–H groups in total. The van der Waals surface area contributed by atoms with Crippen molar-refractivity contribution in [3.63, 3.8) is 0 Å². The first-order valence-corrected chi connectivity index (χ1v) is 10.00. The van der Waals surface area contributed by atoms with E-state index in [0.717, 1.165) is 31.1 Å². The number of likely N-dealkylation sites (tertiary alicyclic amines) is 1. The van der Waals surface area contributed by atoms with Crippen molar-refractivity contribution in [2.45, 2.75) is 32.4 Å². The van der Waals surface area contributed by atoms with Crippen LogP contribution in [0, 0.1) is 0 Å². The van der Waals surface area contributed by atoms with Crippen molar-refractivity contribution in [1.82, 2.24) is 25.4 Å². The summed E-state index contributed by atoms with van der Waals surface area (Å²) in [7, 11) is 7.45. The Bertz CT molecular complexity index is 660. The van der Waals surface area contributed by atoms with Crippen molar-refractivity contribution in [3.05, 3.63) is 23.9 Å². The molecule has 1 saturated heterocycles. The third-order valence-corrected chi connectivity index (χ3v) is 4.97. The molecule has 8 nitrogen and oxygen atoms in total. The van der Waals surface area contributed by atoms with Gasteiger partial charge in [0.15, 0.2) is 5.96 Å². The maximum absolute atomic E-state index is 12.0. The van der Waals surface area contributed by atoms with Crippen LogP contribution in [0.5, 0.6) is 0 Å². The normalized spacial score (nSPS) is 17.5. The monoisotopic (exact) mass is 389 g/mol. The van der Waals surface area contributed by atoms with E-state index in [1.807, 2.05) is 37.2 Å². The van der Waals surface area contributed by atoms with Crippen LogP contribution in [0.15, 0.2) is 23.2 Å². The van der Waals surface area contributed by atoms with Gasteiger partial charge in [-0.25, -0.2) is 9.98 Å². The number of aromatic nitrogens is 1. The number of carbonyl (C=O) groups excluding carboxylic acids is 1. The lowest BCUT2D eigenvalue weighted by Gasteiger charge is -2.24. The van der Waals surface area contributed by atoms with Crippen molar-refractivity contribution in [1.29, 1.82) is 0 Å². The minimum Gasteiger partial charge on any atom is -0.363 e. The van der Waals surface area contributed by atoms with E-state index in [0.29, 0.717) is 18.5 Å². The topological polar surface area (TPSA) is 76.1 Å². The molecule has 0 saturated carbocycles. The van der Waals surface area contributed by atoms with Gasteiger partial charge in [0.1, 0.15) is 5.82 Å². The molecule has 1 fully saturated rings. The van der Waals surface area contributed by atoms with E-state index in [-0.39, 0.29) is 12.5 Å². The van der Waals surface area contributed by atoms with Gasteiger partial charge in [-0.1, -0.05) is 13.0 Å². The Morgan fingerprint density at radius 3 is 2.75 bits per heavy atom. The van der Waals surface area contributed by atoms with Gasteiger partial charge in [0, 0.05) is 40.8 Å². The molecule has 8 heteroatoms. The molecule has 1 aliphatic rings. The highest BCUT2D eigenvalue weighted by Crippen LogP contribution is 2.15. The first-order chi connectivity index (χ1) is 13.4. The van der Waals surface area contributed by atoms with E-state index < -0.39 is 0 Å². The quantitative estimate of drug-likeness (QED) is 0.505. The summed E-state index contributed by atoms with van der Waals surface area (Å²) in [6.45, 7) is 5.91. The molecule has 1 aliphatic heterocycles. The van der Waals surface area contributed by atoms with Crippen LogP contribution >= 0.6 is 0 Å². The molecule has 1 aromatic heterocycles. The maximum Gasteiger partial charge on any atom is 0.241 e. The van der Waals surface area contributed by atoms with Crippen molar-refractivity contribution in [2.75, 3.05) is 59.3 Å². The predicted molar refractivity (Wildman–Crippen MR) is 115 cm³/mol. The van der Waals surface area contributed by atoms with Gasteiger partial charge in [-0.05, 0) is 38.1 Å². The van der Waals surface area contributed by atoms with Crippen molar-refractivity contribution < 1.29 is 4.79 Å². The predicted octanol–water partition coefficient (Wildman–Crippen LogP) is 0.755. The molecule has 28 heavy (non-hydrogen) atoms. The second-order valence-corrected chi connectivity index (χ2v) is 7.49. The molecule has 2 heterocycles.